The minimum absolute atomic E-state index is 0.360. The molecule has 4 nitrogen and oxygen atoms in total. The molecule has 2 fully saturated rings. The number of benzene rings is 2. The van der Waals surface area contributed by atoms with Crippen LogP contribution in [0, 0.1) is 19.8 Å². The lowest BCUT2D eigenvalue weighted by Gasteiger charge is -2.36. The quantitative estimate of drug-likeness (QED) is 0.701. The van der Waals surface area contributed by atoms with Crippen molar-refractivity contribution in [3.8, 4) is 0 Å². The molecule has 1 aliphatic heterocycles. The van der Waals surface area contributed by atoms with Gasteiger partial charge in [-0.05, 0) is 79.5 Å². The van der Waals surface area contributed by atoms with Gasteiger partial charge in [0.1, 0.15) is 0 Å². The second kappa shape index (κ2) is 6.49. The van der Waals surface area contributed by atoms with Crippen molar-refractivity contribution in [2.75, 3.05) is 0 Å². The van der Waals surface area contributed by atoms with E-state index in [0.717, 1.165) is 6.54 Å². The second-order valence-electron chi connectivity index (χ2n) is 8.59. The Hall–Kier alpha value is -2.59. The fraction of sp³-hybridized carbons (Fsp3) is 0.375. The maximum atomic E-state index is 11.4. The molecule has 1 aromatic heterocycles. The molecule has 3 atom stereocenters. The molecule has 0 spiro atoms. The highest BCUT2D eigenvalue weighted by Crippen LogP contribution is 2.51. The molecule has 3 N–H and O–H groups in total. The van der Waals surface area contributed by atoms with Crippen LogP contribution >= 0.6 is 0 Å². The number of aromatic amines is 1. The number of fused-ring (bicyclic) bond motifs is 3. The van der Waals surface area contributed by atoms with Gasteiger partial charge in [-0.1, -0.05) is 18.2 Å². The number of carbonyl (C=O) groups excluding carboxylic acids is 1. The first-order valence-corrected chi connectivity index (χ1v) is 10.2. The van der Waals surface area contributed by atoms with Gasteiger partial charge in [0.05, 0.1) is 0 Å². The minimum atomic E-state index is -0.360. The lowest BCUT2D eigenvalue weighted by atomic mass is 9.90. The number of amides is 1. The topological polar surface area (TPSA) is 62.1 Å². The monoisotopic (exact) mass is 373 g/mol. The van der Waals surface area contributed by atoms with E-state index in [-0.39, 0.29) is 5.91 Å². The smallest absolute Gasteiger partial charge is 0.248 e. The van der Waals surface area contributed by atoms with E-state index < -0.39 is 0 Å². The Morgan fingerprint density at radius 2 is 1.93 bits per heavy atom. The van der Waals surface area contributed by atoms with E-state index in [2.05, 4.69) is 54.2 Å². The van der Waals surface area contributed by atoms with Crippen LogP contribution in [-0.2, 0) is 6.54 Å². The highest BCUT2D eigenvalue weighted by molar-refractivity contribution is 5.92. The number of piperidine rings is 1. The molecule has 0 radical (unpaired) electrons. The predicted octanol–water partition coefficient (Wildman–Crippen LogP) is 4.61. The average molecular weight is 374 g/mol. The first-order chi connectivity index (χ1) is 13.5. The van der Waals surface area contributed by atoms with E-state index in [1.165, 1.54) is 52.4 Å². The molecule has 3 aromatic rings. The van der Waals surface area contributed by atoms with Crippen LogP contribution in [0.2, 0.25) is 0 Å². The Labute approximate surface area is 165 Å². The summed E-state index contributed by atoms with van der Waals surface area (Å²) in [5.74, 6) is 0.346. The molecule has 4 heteroatoms. The van der Waals surface area contributed by atoms with E-state index >= 15 is 0 Å². The third kappa shape index (κ3) is 2.67. The number of hydrogen-bond donors (Lipinski definition) is 2. The summed E-state index contributed by atoms with van der Waals surface area (Å²) in [5.41, 5.74) is 12.7. The Balaban J connectivity index is 1.52. The van der Waals surface area contributed by atoms with E-state index in [9.17, 15) is 4.79 Å². The molecule has 1 saturated heterocycles. The average Bonchev–Trinajstić information content (AvgIpc) is 3.41. The molecule has 2 aliphatic rings. The van der Waals surface area contributed by atoms with Crippen molar-refractivity contribution in [2.24, 2.45) is 11.7 Å². The van der Waals surface area contributed by atoms with Crippen molar-refractivity contribution >= 4 is 16.8 Å². The summed E-state index contributed by atoms with van der Waals surface area (Å²) >= 11 is 0. The van der Waals surface area contributed by atoms with Crippen LogP contribution in [0.5, 0.6) is 0 Å². The molecular weight excluding hydrogens is 346 g/mol. The van der Waals surface area contributed by atoms with E-state index in [1.807, 2.05) is 12.1 Å². The third-order valence-electron chi connectivity index (χ3n) is 6.97. The third-order valence-corrected chi connectivity index (χ3v) is 6.97. The van der Waals surface area contributed by atoms with E-state index in [0.29, 0.717) is 23.6 Å². The lowest BCUT2D eigenvalue weighted by Crippen LogP contribution is -2.35. The second-order valence-corrected chi connectivity index (χ2v) is 8.59. The molecule has 1 aliphatic carbocycles. The Morgan fingerprint density at radius 3 is 2.68 bits per heavy atom. The fourth-order valence-electron chi connectivity index (χ4n) is 5.65. The van der Waals surface area contributed by atoms with Gasteiger partial charge in [0, 0.05) is 41.3 Å². The summed E-state index contributed by atoms with van der Waals surface area (Å²) in [7, 11) is 0. The molecule has 2 aromatic carbocycles. The predicted molar refractivity (Wildman–Crippen MR) is 112 cm³/mol. The number of carbonyl (C=O) groups is 1. The Kier molecular flexibility index (Phi) is 4.06. The van der Waals surface area contributed by atoms with Crippen molar-refractivity contribution in [3.05, 3.63) is 70.4 Å². The van der Waals surface area contributed by atoms with Gasteiger partial charge in [-0.25, -0.2) is 0 Å². The Morgan fingerprint density at radius 1 is 1.14 bits per heavy atom. The van der Waals surface area contributed by atoms with Crippen LogP contribution in [0.15, 0.2) is 42.6 Å². The van der Waals surface area contributed by atoms with E-state index in [4.69, 9.17) is 5.73 Å². The zero-order valence-corrected chi connectivity index (χ0v) is 16.5. The highest BCUT2D eigenvalue weighted by Gasteiger charge is 2.46. The zero-order chi connectivity index (χ0) is 19.4. The maximum Gasteiger partial charge on any atom is 0.248 e. The number of nitrogens with two attached hydrogens (primary N) is 1. The molecule has 2 bridgehead atoms. The van der Waals surface area contributed by atoms with Crippen molar-refractivity contribution in [1.29, 1.82) is 0 Å². The molecular formula is C24H27N3O. The van der Waals surface area contributed by atoms with Gasteiger partial charge >= 0.3 is 0 Å². The van der Waals surface area contributed by atoms with Crippen LogP contribution in [0.4, 0.5) is 0 Å². The van der Waals surface area contributed by atoms with Gasteiger partial charge in [-0.2, -0.15) is 0 Å². The molecule has 2 unspecified atom stereocenters. The van der Waals surface area contributed by atoms with Crippen molar-refractivity contribution in [3.63, 3.8) is 0 Å². The van der Waals surface area contributed by atoms with Crippen LogP contribution in [0.1, 0.15) is 57.9 Å². The summed E-state index contributed by atoms with van der Waals surface area (Å²) in [6, 6.07) is 13.6. The number of hydrogen-bond acceptors (Lipinski definition) is 2. The van der Waals surface area contributed by atoms with Crippen molar-refractivity contribution in [2.45, 2.75) is 51.7 Å². The largest absolute Gasteiger partial charge is 0.366 e. The highest BCUT2D eigenvalue weighted by atomic mass is 16.1. The van der Waals surface area contributed by atoms with Crippen molar-refractivity contribution in [1.82, 2.24) is 9.88 Å². The molecule has 28 heavy (non-hydrogen) atoms. The van der Waals surface area contributed by atoms with Gasteiger partial charge in [0.2, 0.25) is 5.91 Å². The lowest BCUT2D eigenvalue weighted by molar-refractivity contribution is 0.1000. The van der Waals surface area contributed by atoms with Crippen LogP contribution in [0.25, 0.3) is 10.9 Å². The summed E-state index contributed by atoms with van der Waals surface area (Å²) in [4.78, 5) is 17.6. The summed E-state index contributed by atoms with van der Waals surface area (Å²) in [5, 5.41) is 1.35. The van der Waals surface area contributed by atoms with Gasteiger partial charge in [-0.15, -0.1) is 0 Å². The number of primary amides is 1. The van der Waals surface area contributed by atoms with Crippen molar-refractivity contribution < 1.29 is 4.79 Å². The van der Waals surface area contributed by atoms with Crippen LogP contribution < -0.4 is 5.73 Å². The van der Waals surface area contributed by atoms with Crippen LogP contribution in [0.3, 0.4) is 0 Å². The van der Waals surface area contributed by atoms with E-state index in [1.54, 1.807) is 0 Å². The first kappa shape index (κ1) is 17.5. The molecule has 5 rings (SSSR count). The first-order valence-electron chi connectivity index (χ1n) is 10.2. The van der Waals surface area contributed by atoms with Gasteiger partial charge in [-0.3, -0.25) is 9.69 Å². The summed E-state index contributed by atoms with van der Waals surface area (Å²) < 4.78 is 0. The molecule has 1 saturated carbocycles. The molecule has 144 valence electrons. The Bertz CT molecular complexity index is 1050. The molecule has 1 amide bonds. The SMILES string of the molecule is Cc1cc(C)c2[nH]ccc2c1CN1C2CCC(C2)[C@H]1c1ccc(C(N)=O)cc1. The minimum Gasteiger partial charge on any atom is -0.366 e. The fourth-order valence-corrected chi connectivity index (χ4v) is 5.65. The normalized spacial score (nSPS) is 24.3. The number of H-pyrrole nitrogens is 1. The zero-order valence-electron chi connectivity index (χ0n) is 16.5. The number of aryl methyl sites for hydroxylation is 2. The number of nitrogens with one attached hydrogen (secondary N) is 1. The standard InChI is InChI=1S/C24H27N3O/c1-14-11-15(2)22-20(9-10-26-22)21(14)13-27-19-8-7-18(12-19)23(27)16-3-5-17(6-4-16)24(25)28/h3-6,9-11,18-19,23,26H,7-8,12-13H2,1-2H3,(H2,25,28)/t18?,19?,23-/m1/s1. The number of aromatic nitrogens is 1. The number of likely N-dealkylation sites (tertiary alicyclic amines) is 1. The number of nitrogens with zero attached hydrogens (tertiary/aromatic N) is 1. The van der Waals surface area contributed by atoms with Crippen LogP contribution in [-0.4, -0.2) is 21.8 Å². The number of rotatable bonds is 4. The summed E-state index contributed by atoms with van der Waals surface area (Å²) in [6.45, 7) is 5.39. The van der Waals surface area contributed by atoms with Gasteiger partial charge in [0.15, 0.2) is 0 Å². The van der Waals surface area contributed by atoms with Gasteiger partial charge < -0.3 is 10.7 Å². The summed E-state index contributed by atoms with van der Waals surface area (Å²) in [6.07, 6.45) is 5.93. The van der Waals surface area contributed by atoms with Gasteiger partial charge in [0.25, 0.3) is 0 Å². The maximum absolute atomic E-state index is 11.4. The molecule has 2 heterocycles.